The molecule has 1 aromatic heterocycles. The lowest BCUT2D eigenvalue weighted by Crippen LogP contribution is -2.36. The van der Waals surface area contributed by atoms with Crippen LogP contribution >= 0.6 is 0 Å². The van der Waals surface area contributed by atoms with Crippen LogP contribution in [0.3, 0.4) is 0 Å². The van der Waals surface area contributed by atoms with Gasteiger partial charge >= 0.3 is 6.09 Å². The minimum Gasteiger partial charge on any atom is -0.489 e. The maximum Gasteiger partial charge on any atom is 0.416 e. The van der Waals surface area contributed by atoms with Crippen LogP contribution in [0.4, 0.5) is 4.79 Å². The molecule has 7 heteroatoms. The van der Waals surface area contributed by atoms with Gasteiger partial charge in [0, 0.05) is 50.8 Å². The van der Waals surface area contributed by atoms with Crippen LogP contribution in [0.25, 0.3) is 10.9 Å². The Morgan fingerprint density at radius 3 is 2.83 bits per heavy atom. The molecular formula is C22H31N3O4. The van der Waals surface area contributed by atoms with Crippen molar-refractivity contribution in [2.45, 2.75) is 39.3 Å². The van der Waals surface area contributed by atoms with Crippen LogP contribution in [0.5, 0.6) is 11.6 Å². The first-order valence-electron chi connectivity index (χ1n) is 10.3. The van der Waals surface area contributed by atoms with Crippen LogP contribution in [0.1, 0.15) is 27.2 Å². The summed E-state index contributed by atoms with van der Waals surface area (Å²) in [5.74, 6) is 1.13. The molecule has 1 unspecified atom stereocenters. The molecular weight excluding hydrogens is 370 g/mol. The summed E-state index contributed by atoms with van der Waals surface area (Å²) in [6.45, 7) is 9.86. The second-order valence-electron chi connectivity index (χ2n) is 7.56. The van der Waals surface area contributed by atoms with Crippen molar-refractivity contribution in [2.24, 2.45) is 0 Å². The van der Waals surface area contributed by atoms with Crippen LogP contribution in [0, 0.1) is 0 Å². The van der Waals surface area contributed by atoms with E-state index < -0.39 is 6.09 Å². The van der Waals surface area contributed by atoms with Crippen molar-refractivity contribution in [3.05, 3.63) is 30.3 Å². The molecule has 1 aliphatic rings. The maximum absolute atomic E-state index is 12.3. The van der Waals surface area contributed by atoms with E-state index in [-0.39, 0.29) is 12.0 Å². The van der Waals surface area contributed by atoms with Gasteiger partial charge in [0.1, 0.15) is 11.9 Å². The van der Waals surface area contributed by atoms with Gasteiger partial charge in [-0.3, -0.25) is 4.90 Å². The second kappa shape index (κ2) is 9.89. The van der Waals surface area contributed by atoms with E-state index in [1.165, 1.54) is 0 Å². The summed E-state index contributed by atoms with van der Waals surface area (Å²) in [5, 5.41) is 0.952. The van der Waals surface area contributed by atoms with E-state index >= 15 is 0 Å². The first-order chi connectivity index (χ1) is 14.0. The Morgan fingerprint density at radius 1 is 1.31 bits per heavy atom. The Labute approximate surface area is 172 Å². The van der Waals surface area contributed by atoms with Crippen molar-refractivity contribution in [3.63, 3.8) is 0 Å². The summed E-state index contributed by atoms with van der Waals surface area (Å²) in [5.41, 5.74) is 0.762. The molecule has 0 aliphatic carbocycles. The number of likely N-dealkylation sites (N-methyl/N-ethyl adjacent to an activating group) is 1. The topological polar surface area (TPSA) is 64.1 Å². The third-order valence-electron chi connectivity index (χ3n) is 5.24. The lowest BCUT2D eigenvalue weighted by molar-refractivity contribution is 0.125. The van der Waals surface area contributed by atoms with Crippen molar-refractivity contribution in [2.75, 3.05) is 39.9 Å². The Balaban J connectivity index is 1.64. The summed E-state index contributed by atoms with van der Waals surface area (Å²) < 4.78 is 16.6. The van der Waals surface area contributed by atoms with Gasteiger partial charge < -0.3 is 19.1 Å². The number of methoxy groups -OCH3 is 1. The van der Waals surface area contributed by atoms with E-state index in [1.807, 2.05) is 31.2 Å². The molecule has 158 valence electrons. The van der Waals surface area contributed by atoms with Crippen molar-refractivity contribution in [1.82, 2.24) is 14.8 Å². The highest BCUT2D eigenvalue weighted by Gasteiger charge is 2.25. The van der Waals surface area contributed by atoms with Gasteiger partial charge in [-0.25, -0.2) is 9.78 Å². The number of rotatable bonds is 8. The number of pyridine rings is 1. The van der Waals surface area contributed by atoms with E-state index in [0.29, 0.717) is 25.7 Å². The number of ether oxygens (including phenoxy) is 3. The van der Waals surface area contributed by atoms with Gasteiger partial charge in [0.25, 0.3) is 0 Å². The minimum atomic E-state index is -0.424. The average molecular weight is 402 g/mol. The number of carbonyl (C=O) groups is 1. The van der Waals surface area contributed by atoms with Gasteiger partial charge in [-0.2, -0.15) is 0 Å². The number of fused-ring (bicyclic) bond motifs is 1. The van der Waals surface area contributed by atoms with E-state index in [1.54, 1.807) is 18.1 Å². The number of hydrogen-bond acceptors (Lipinski definition) is 6. The molecule has 1 atom stereocenters. The zero-order valence-electron chi connectivity index (χ0n) is 17.8. The van der Waals surface area contributed by atoms with Gasteiger partial charge in [-0.05, 0) is 51.5 Å². The fraction of sp³-hybridized carbons (Fsp3) is 0.545. The second-order valence-corrected chi connectivity index (χ2v) is 7.56. The molecule has 1 saturated heterocycles. The number of benzene rings is 1. The van der Waals surface area contributed by atoms with Crippen LogP contribution < -0.4 is 9.47 Å². The normalized spacial score (nSPS) is 17.1. The molecule has 1 aromatic carbocycles. The van der Waals surface area contributed by atoms with Crippen LogP contribution in [-0.4, -0.2) is 72.9 Å². The summed E-state index contributed by atoms with van der Waals surface area (Å²) in [4.78, 5) is 20.8. The predicted molar refractivity (Wildman–Crippen MR) is 113 cm³/mol. The fourth-order valence-corrected chi connectivity index (χ4v) is 3.46. The number of carbonyl (C=O) groups excluding carboxylic acids is 1. The molecule has 7 nitrogen and oxygen atoms in total. The standard InChI is InChI=1S/C22H31N3O4/c1-5-24(12-13-27-4)22(26)29-21-9-6-17-14-18(7-8-20(17)23-21)28-19-10-11-25(15-19)16(2)3/h6-9,14,16,19H,5,10-13,15H2,1-4H3. The number of amides is 1. The first-order valence-corrected chi connectivity index (χ1v) is 10.3. The monoisotopic (exact) mass is 401 g/mol. The van der Waals surface area contributed by atoms with Gasteiger partial charge in [-0.15, -0.1) is 0 Å². The third kappa shape index (κ3) is 5.58. The Kier molecular flexibility index (Phi) is 7.28. The average Bonchev–Trinajstić information content (AvgIpc) is 3.17. The summed E-state index contributed by atoms with van der Waals surface area (Å²) in [6, 6.07) is 9.98. The van der Waals surface area contributed by atoms with Crippen molar-refractivity contribution < 1.29 is 19.0 Å². The molecule has 2 heterocycles. The molecule has 2 aromatic rings. The van der Waals surface area contributed by atoms with E-state index in [9.17, 15) is 4.79 Å². The van der Waals surface area contributed by atoms with Crippen molar-refractivity contribution in [3.8, 4) is 11.6 Å². The SMILES string of the molecule is CCN(CCOC)C(=O)Oc1ccc2cc(OC3CCN(C(C)C)C3)ccc2n1. The summed E-state index contributed by atoms with van der Waals surface area (Å²) in [7, 11) is 1.61. The third-order valence-corrected chi connectivity index (χ3v) is 5.24. The fourth-order valence-electron chi connectivity index (χ4n) is 3.46. The molecule has 0 spiro atoms. The zero-order valence-corrected chi connectivity index (χ0v) is 17.8. The lowest BCUT2D eigenvalue weighted by Gasteiger charge is -2.20. The summed E-state index contributed by atoms with van der Waals surface area (Å²) >= 11 is 0. The molecule has 1 aliphatic heterocycles. The molecule has 0 saturated carbocycles. The molecule has 1 amide bonds. The Hall–Kier alpha value is -2.38. The molecule has 29 heavy (non-hydrogen) atoms. The Morgan fingerprint density at radius 2 is 2.14 bits per heavy atom. The molecule has 0 bridgehead atoms. The van der Waals surface area contributed by atoms with Gasteiger partial charge in [0.05, 0.1) is 12.1 Å². The van der Waals surface area contributed by atoms with Crippen molar-refractivity contribution >= 4 is 17.0 Å². The lowest BCUT2D eigenvalue weighted by atomic mass is 10.2. The minimum absolute atomic E-state index is 0.218. The molecule has 1 fully saturated rings. The van der Waals surface area contributed by atoms with E-state index in [2.05, 4.69) is 23.7 Å². The number of hydrogen-bond donors (Lipinski definition) is 0. The van der Waals surface area contributed by atoms with Gasteiger partial charge in [-0.1, -0.05) is 0 Å². The summed E-state index contributed by atoms with van der Waals surface area (Å²) in [6.07, 6.45) is 0.836. The molecule has 0 N–H and O–H groups in total. The number of aromatic nitrogens is 1. The quantitative estimate of drug-likeness (QED) is 0.674. The smallest absolute Gasteiger partial charge is 0.416 e. The largest absolute Gasteiger partial charge is 0.489 e. The van der Waals surface area contributed by atoms with Crippen LogP contribution in [-0.2, 0) is 4.74 Å². The first kappa shape index (κ1) is 21.3. The zero-order chi connectivity index (χ0) is 20.8. The number of likely N-dealkylation sites (tertiary alicyclic amines) is 1. The van der Waals surface area contributed by atoms with E-state index in [4.69, 9.17) is 14.2 Å². The molecule has 3 rings (SSSR count). The predicted octanol–water partition coefficient (Wildman–Crippen LogP) is 3.56. The van der Waals surface area contributed by atoms with Gasteiger partial charge in [0.2, 0.25) is 5.88 Å². The van der Waals surface area contributed by atoms with Crippen molar-refractivity contribution in [1.29, 1.82) is 0 Å². The number of nitrogens with zero attached hydrogens (tertiary/aromatic N) is 3. The highest BCUT2D eigenvalue weighted by atomic mass is 16.6. The Bertz CT molecular complexity index is 827. The maximum atomic E-state index is 12.3. The van der Waals surface area contributed by atoms with E-state index in [0.717, 1.165) is 36.2 Å². The van der Waals surface area contributed by atoms with Crippen LogP contribution in [0.15, 0.2) is 30.3 Å². The molecule has 0 radical (unpaired) electrons. The highest BCUT2D eigenvalue weighted by Crippen LogP contribution is 2.25. The van der Waals surface area contributed by atoms with Crippen LogP contribution in [0.2, 0.25) is 0 Å². The highest BCUT2D eigenvalue weighted by molar-refractivity contribution is 5.81. The van der Waals surface area contributed by atoms with Gasteiger partial charge in [0.15, 0.2) is 0 Å².